The highest BCUT2D eigenvalue weighted by atomic mass is 79.9. The standard InChI is InChI=1S/C13H22BrN3/c1-2-17-13(12(14)9-16-17)11-7-5-3-4-6-10(11)8-15/h9-11H,2-8,15H2,1H3. The number of aromatic nitrogens is 2. The first-order valence-electron chi connectivity index (χ1n) is 6.69. The molecule has 1 saturated carbocycles. The van der Waals surface area contributed by atoms with Gasteiger partial charge in [0.2, 0.25) is 0 Å². The van der Waals surface area contributed by atoms with Gasteiger partial charge in [0.05, 0.1) is 16.4 Å². The zero-order valence-electron chi connectivity index (χ0n) is 10.5. The lowest BCUT2D eigenvalue weighted by Gasteiger charge is -2.25. The number of nitrogens with zero attached hydrogens (tertiary/aromatic N) is 2. The number of aryl methyl sites for hydroxylation is 1. The molecule has 0 radical (unpaired) electrons. The number of hydrogen-bond acceptors (Lipinski definition) is 2. The predicted octanol–water partition coefficient (Wildman–Crippen LogP) is 3.29. The molecule has 1 aromatic heterocycles. The fourth-order valence-electron chi connectivity index (χ4n) is 3.02. The Morgan fingerprint density at radius 3 is 2.88 bits per heavy atom. The summed E-state index contributed by atoms with van der Waals surface area (Å²) in [6.45, 7) is 3.89. The van der Waals surface area contributed by atoms with Gasteiger partial charge in [-0.05, 0) is 48.2 Å². The van der Waals surface area contributed by atoms with Crippen LogP contribution in [-0.2, 0) is 6.54 Å². The van der Waals surface area contributed by atoms with Gasteiger partial charge in [0, 0.05) is 12.5 Å². The summed E-state index contributed by atoms with van der Waals surface area (Å²) in [5.74, 6) is 1.20. The smallest absolute Gasteiger partial charge is 0.0635 e. The average Bonchev–Trinajstić information content (AvgIpc) is 2.58. The Bertz CT molecular complexity index is 362. The molecule has 0 amide bonds. The van der Waals surface area contributed by atoms with Crippen molar-refractivity contribution in [3.63, 3.8) is 0 Å². The number of rotatable bonds is 3. The van der Waals surface area contributed by atoms with Crippen molar-refractivity contribution in [1.82, 2.24) is 9.78 Å². The van der Waals surface area contributed by atoms with E-state index in [4.69, 9.17) is 5.73 Å². The van der Waals surface area contributed by atoms with Gasteiger partial charge in [0.25, 0.3) is 0 Å². The molecule has 1 aromatic rings. The van der Waals surface area contributed by atoms with E-state index in [-0.39, 0.29) is 0 Å². The molecule has 0 aromatic carbocycles. The summed E-state index contributed by atoms with van der Waals surface area (Å²) in [6, 6.07) is 0. The number of halogens is 1. The third-order valence-corrected chi connectivity index (χ3v) is 4.56. The molecular formula is C13H22BrN3. The summed E-state index contributed by atoms with van der Waals surface area (Å²) in [5, 5.41) is 4.44. The van der Waals surface area contributed by atoms with Crippen molar-refractivity contribution in [3.8, 4) is 0 Å². The summed E-state index contributed by atoms with van der Waals surface area (Å²) in [6.07, 6.45) is 8.45. The van der Waals surface area contributed by atoms with E-state index in [2.05, 4.69) is 32.6 Å². The third kappa shape index (κ3) is 2.74. The molecule has 2 unspecified atom stereocenters. The van der Waals surface area contributed by atoms with Crippen LogP contribution in [0.4, 0.5) is 0 Å². The maximum Gasteiger partial charge on any atom is 0.0635 e. The highest BCUT2D eigenvalue weighted by Gasteiger charge is 2.28. The lowest BCUT2D eigenvalue weighted by atomic mass is 9.85. The second-order valence-electron chi connectivity index (χ2n) is 4.93. The topological polar surface area (TPSA) is 43.8 Å². The normalized spacial score (nSPS) is 25.8. The molecular weight excluding hydrogens is 278 g/mol. The Balaban J connectivity index is 2.30. The van der Waals surface area contributed by atoms with Gasteiger partial charge in [0.1, 0.15) is 0 Å². The van der Waals surface area contributed by atoms with Crippen molar-refractivity contribution < 1.29 is 0 Å². The third-order valence-electron chi connectivity index (χ3n) is 3.95. The van der Waals surface area contributed by atoms with Gasteiger partial charge in [-0.25, -0.2) is 0 Å². The van der Waals surface area contributed by atoms with Crippen LogP contribution in [0.25, 0.3) is 0 Å². The zero-order chi connectivity index (χ0) is 12.3. The predicted molar refractivity (Wildman–Crippen MR) is 74.0 cm³/mol. The van der Waals surface area contributed by atoms with E-state index in [0.29, 0.717) is 11.8 Å². The Hall–Kier alpha value is -0.350. The second-order valence-corrected chi connectivity index (χ2v) is 5.79. The molecule has 1 heterocycles. The van der Waals surface area contributed by atoms with Crippen molar-refractivity contribution >= 4 is 15.9 Å². The van der Waals surface area contributed by atoms with Crippen molar-refractivity contribution in [2.24, 2.45) is 11.7 Å². The molecule has 1 aliphatic carbocycles. The van der Waals surface area contributed by atoms with Crippen LogP contribution in [0.1, 0.15) is 50.6 Å². The minimum atomic E-state index is 0.583. The van der Waals surface area contributed by atoms with Gasteiger partial charge in [0.15, 0.2) is 0 Å². The summed E-state index contributed by atoms with van der Waals surface area (Å²) in [5.41, 5.74) is 7.33. The Kier molecular flexibility index (Phi) is 4.62. The molecule has 2 rings (SSSR count). The van der Waals surface area contributed by atoms with Gasteiger partial charge in [-0.15, -0.1) is 0 Å². The van der Waals surface area contributed by atoms with E-state index < -0.39 is 0 Å². The molecule has 2 atom stereocenters. The molecule has 0 bridgehead atoms. The Morgan fingerprint density at radius 2 is 2.18 bits per heavy atom. The number of nitrogens with two attached hydrogens (primary N) is 1. The van der Waals surface area contributed by atoms with Gasteiger partial charge in [-0.1, -0.05) is 19.3 Å². The molecule has 1 aliphatic rings. The van der Waals surface area contributed by atoms with E-state index >= 15 is 0 Å². The SMILES string of the molecule is CCn1ncc(Br)c1C1CCCCCC1CN. The van der Waals surface area contributed by atoms with Crippen LogP contribution < -0.4 is 5.73 Å². The summed E-state index contributed by atoms with van der Waals surface area (Å²) >= 11 is 3.65. The molecule has 4 heteroatoms. The van der Waals surface area contributed by atoms with Crippen LogP contribution in [0.3, 0.4) is 0 Å². The van der Waals surface area contributed by atoms with Crippen molar-refractivity contribution in [2.75, 3.05) is 6.54 Å². The van der Waals surface area contributed by atoms with Gasteiger partial charge < -0.3 is 5.73 Å². The summed E-state index contributed by atoms with van der Waals surface area (Å²) in [4.78, 5) is 0. The van der Waals surface area contributed by atoms with E-state index in [9.17, 15) is 0 Å². The van der Waals surface area contributed by atoms with Crippen LogP contribution in [-0.4, -0.2) is 16.3 Å². The van der Waals surface area contributed by atoms with Crippen molar-refractivity contribution in [2.45, 2.75) is 51.5 Å². The van der Waals surface area contributed by atoms with E-state index in [1.54, 1.807) is 0 Å². The lowest BCUT2D eigenvalue weighted by molar-refractivity contribution is 0.384. The lowest BCUT2D eigenvalue weighted by Crippen LogP contribution is -2.23. The van der Waals surface area contributed by atoms with Crippen LogP contribution in [0, 0.1) is 5.92 Å². The summed E-state index contributed by atoms with van der Waals surface area (Å²) in [7, 11) is 0. The quantitative estimate of drug-likeness (QED) is 0.871. The van der Waals surface area contributed by atoms with Gasteiger partial charge in [-0.3, -0.25) is 4.68 Å². The maximum atomic E-state index is 5.97. The largest absolute Gasteiger partial charge is 0.330 e. The first kappa shape index (κ1) is 13.1. The first-order valence-corrected chi connectivity index (χ1v) is 7.48. The second kappa shape index (κ2) is 6.01. The Labute approximate surface area is 112 Å². The van der Waals surface area contributed by atoms with Gasteiger partial charge in [-0.2, -0.15) is 5.10 Å². The van der Waals surface area contributed by atoms with Crippen molar-refractivity contribution in [1.29, 1.82) is 0 Å². The molecule has 3 nitrogen and oxygen atoms in total. The average molecular weight is 300 g/mol. The summed E-state index contributed by atoms with van der Waals surface area (Å²) < 4.78 is 3.28. The Morgan fingerprint density at radius 1 is 1.41 bits per heavy atom. The van der Waals surface area contributed by atoms with Crippen molar-refractivity contribution in [3.05, 3.63) is 16.4 Å². The van der Waals surface area contributed by atoms with Crippen LogP contribution >= 0.6 is 15.9 Å². The van der Waals surface area contributed by atoms with Crippen LogP contribution in [0.2, 0.25) is 0 Å². The van der Waals surface area contributed by atoms with Crippen LogP contribution in [0.5, 0.6) is 0 Å². The molecule has 96 valence electrons. The molecule has 17 heavy (non-hydrogen) atoms. The van der Waals surface area contributed by atoms with E-state index in [1.165, 1.54) is 37.8 Å². The monoisotopic (exact) mass is 299 g/mol. The van der Waals surface area contributed by atoms with E-state index in [0.717, 1.165) is 17.6 Å². The molecule has 1 fully saturated rings. The van der Waals surface area contributed by atoms with E-state index in [1.807, 2.05) is 6.20 Å². The fourth-order valence-corrected chi connectivity index (χ4v) is 3.61. The van der Waals surface area contributed by atoms with Gasteiger partial charge >= 0.3 is 0 Å². The highest BCUT2D eigenvalue weighted by Crippen LogP contribution is 2.38. The zero-order valence-corrected chi connectivity index (χ0v) is 12.1. The number of hydrogen-bond donors (Lipinski definition) is 1. The minimum Gasteiger partial charge on any atom is -0.330 e. The fraction of sp³-hybridized carbons (Fsp3) is 0.769. The maximum absolute atomic E-state index is 5.97. The highest BCUT2D eigenvalue weighted by molar-refractivity contribution is 9.10. The molecule has 0 saturated heterocycles. The molecule has 0 aliphatic heterocycles. The van der Waals surface area contributed by atoms with Crippen LogP contribution in [0.15, 0.2) is 10.7 Å². The molecule has 0 spiro atoms. The minimum absolute atomic E-state index is 0.583. The first-order chi connectivity index (χ1) is 8.27. The molecule has 2 N–H and O–H groups in total.